The van der Waals surface area contributed by atoms with Crippen LogP contribution >= 0.6 is 0 Å². The number of benzene rings is 2. The summed E-state index contributed by atoms with van der Waals surface area (Å²) in [5.74, 6) is -2.56. The Bertz CT molecular complexity index is 727. The Morgan fingerprint density at radius 3 is 2.22 bits per heavy atom. The monoisotopic (exact) mass is 323 g/mol. The summed E-state index contributed by atoms with van der Waals surface area (Å²) in [6.45, 7) is 0.964. The first-order valence-corrected chi connectivity index (χ1v) is 6.54. The molecule has 0 fully saturated rings. The van der Waals surface area contributed by atoms with Gasteiger partial charge in [-0.2, -0.15) is 13.2 Å². The number of ether oxygens (including phenoxy) is 1. The van der Waals surface area contributed by atoms with Crippen LogP contribution in [0.2, 0.25) is 0 Å². The van der Waals surface area contributed by atoms with Gasteiger partial charge in [-0.1, -0.05) is 24.3 Å². The van der Waals surface area contributed by atoms with Crippen LogP contribution in [0.1, 0.15) is 22.8 Å². The van der Waals surface area contributed by atoms with E-state index in [-0.39, 0.29) is 5.56 Å². The van der Waals surface area contributed by atoms with Crippen LogP contribution < -0.4 is 10.1 Å². The summed E-state index contributed by atoms with van der Waals surface area (Å²) < 4.78 is 43.8. The van der Waals surface area contributed by atoms with Gasteiger partial charge in [0.1, 0.15) is 0 Å². The lowest BCUT2D eigenvalue weighted by Crippen LogP contribution is -2.18. The average molecular weight is 323 g/mol. The zero-order valence-electron chi connectivity index (χ0n) is 12.0. The second-order valence-corrected chi connectivity index (χ2v) is 4.59. The number of anilines is 1. The van der Waals surface area contributed by atoms with Gasteiger partial charge < -0.3 is 10.1 Å². The van der Waals surface area contributed by atoms with Gasteiger partial charge >= 0.3 is 12.1 Å². The molecule has 0 aliphatic rings. The molecule has 23 heavy (non-hydrogen) atoms. The van der Waals surface area contributed by atoms with E-state index in [1.54, 1.807) is 30.3 Å². The molecule has 0 spiro atoms. The molecule has 0 aliphatic heterocycles. The van der Waals surface area contributed by atoms with Crippen molar-refractivity contribution in [2.24, 2.45) is 0 Å². The van der Waals surface area contributed by atoms with E-state index in [1.807, 2.05) is 0 Å². The lowest BCUT2D eigenvalue weighted by molar-refractivity contribution is -0.141. The molecule has 0 atom stereocenters. The van der Waals surface area contributed by atoms with E-state index in [0.717, 1.165) is 25.1 Å². The van der Waals surface area contributed by atoms with Crippen LogP contribution in [0.15, 0.2) is 48.5 Å². The highest BCUT2D eigenvalue weighted by molar-refractivity contribution is 6.06. The molecule has 120 valence electrons. The highest BCUT2D eigenvalue weighted by atomic mass is 19.4. The molecule has 0 radical (unpaired) electrons. The molecule has 0 unspecified atom stereocenters. The van der Waals surface area contributed by atoms with Crippen LogP contribution in [0.25, 0.3) is 0 Å². The lowest BCUT2D eigenvalue weighted by Gasteiger charge is -2.15. The molecule has 0 bridgehead atoms. The van der Waals surface area contributed by atoms with E-state index < -0.39 is 29.4 Å². The van der Waals surface area contributed by atoms with Gasteiger partial charge in [-0.3, -0.25) is 9.59 Å². The van der Waals surface area contributed by atoms with Gasteiger partial charge in [0, 0.05) is 12.6 Å². The third kappa shape index (κ3) is 4.09. The Kier molecular flexibility index (Phi) is 4.68. The molecule has 1 N–H and O–H groups in total. The van der Waals surface area contributed by atoms with Crippen LogP contribution in [0, 0.1) is 0 Å². The van der Waals surface area contributed by atoms with Crippen molar-refractivity contribution in [1.29, 1.82) is 0 Å². The van der Waals surface area contributed by atoms with E-state index in [2.05, 4.69) is 10.1 Å². The zero-order chi connectivity index (χ0) is 17.0. The van der Waals surface area contributed by atoms with Gasteiger partial charge in [-0.05, 0) is 24.3 Å². The third-order valence-corrected chi connectivity index (χ3v) is 2.84. The summed E-state index contributed by atoms with van der Waals surface area (Å²) in [5.41, 5.74) is -1.16. The number of hydrogen-bond acceptors (Lipinski definition) is 3. The molecule has 0 saturated heterocycles. The predicted octanol–water partition coefficient (Wildman–Crippen LogP) is 3.88. The minimum Gasteiger partial charge on any atom is -0.425 e. The number of nitrogens with one attached hydrogen (secondary N) is 1. The molecule has 0 heterocycles. The largest absolute Gasteiger partial charge is 0.425 e. The molecule has 7 heteroatoms. The fraction of sp³-hybridized carbons (Fsp3) is 0.125. The molecule has 2 aromatic rings. The van der Waals surface area contributed by atoms with Gasteiger partial charge in [0.25, 0.3) is 5.91 Å². The Balaban J connectivity index is 2.44. The minimum atomic E-state index is -4.76. The van der Waals surface area contributed by atoms with Crippen molar-refractivity contribution >= 4 is 17.6 Å². The summed E-state index contributed by atoms with van der Waals surface area (Å²) in [6.07, 6.45) is -4.76. The van der Waals surface area contributed by atoms with E-state index in [0.29, 0.717) is 5.69 Å². The number of esters is 1. The van der Waals surface area contributed by atoms with Crippen molar-refractivity contribution in [1.82, 2.24) is 0 Å². The molecular formula is C16H12F3NO3. The highest BCUT2D eigenvalue weighted by Crippen LogP contribution is 2.38. The predicted molar refractivity (Wildman–Crippen MR) is 77.1 cm³/mol. The first-order valence-electron chi connectivity index (χ1n) is 6.54. The maximum absolute atomic E-state index is 13.0. The molecule has 0 aromatic heterocycles. The van der Waals surface area contributed by atoms with Crippen LogP contribution in [0.3, 0.4) is 0 Å². The number of alkyl halides is 3. The van der Waals surface area contributed by atoms with Crippen molar-refractivity contribution < 1.29 is 27.5 Å². The van der Waals surface area contributed by atoms with Crippen molar-refractivity contribution in [3.63, 3.8) is 0 Å². The highest BCUT2D eigenvalue weighted by Gasteiger charge is 2.36. The first kappa shape index (κ1) is 16.5. The van der Waals surface area contributed by atoms with Crippen molar-refractivity contribution in [3.8, 4) is 5.75 Å². The van der Waals surface area contributed by atoms with Crippen LogP contribution in [0.5, 0.6) is 5.75 Å². The topological polar surface area (TPSA) is 55.4 Å². The minimum absolute atomic E-state index is 0.376. The number of carbonyl (C=O) groups is 2. The van der Waals surface area contributed by atoms with E-state index in [9.17, 15) is 22.8 Å². The molecule has 0 aliphatic carbocycles. The SMILES string of the molecule is CC(=O)Oc1c(C(=O)Nc2ccccc2)cccc1C(F)(F)F. The third-order valence-electron chi connectivity index (χ3n) is 2.84. The quantitative estimate of drug-likeness (QED) is 0.689. The summed E-state index contributed by atoms with van der Waals surface area (Å²) in [4.78, 5) is 23.3. The lowest BCUT2D eigenvalue weighted by atomic mass is 10.1. The molecule has 4 nitrogen and oxygen atoms in total. The van der Waals surface area contributed by atoms with Crippen LogP contribution in [-0.4, -0.2) is 11.9 Å². The van der Waals surface area contributed by atoms with Crippen LogP contribution in [0.4, 0.5) is 18.9 Å². The zero-order valence-corrected chi connectivity index (χ0v) is 12.0. The number of amides is 1. The standard InChI is InChI=1S/C16H12F3NO3/c1-10(21)23-14-12(8-5-9-13(14)16(17,18)19)15(22)20-11-6-3-2-4-7-11/h2-9H,1H3,(H,20,22). The number of hydrogen-bond donors (Lipinski definition) is 1. The number of carbonyl (C=O) groups excluding carboxylic acids is 2. The smallest absolute Gasteiger partial charge is 0.420 e. The Morgan fingerprint density at radius 1 is 1.00 bits per heavy atom. The van der Waals surface area contributed by atoms with Crippen molar-refractivity contribution in [2.45, 2.75) is 13.1 Å². The van der Waals surface area contributed by atoms with Gasteiger partial charge in [0.2, 0.25) is 0 Å². The maximum Gasteiger partial charge on any atom is 0.420 e. The second-order valence-electron chi connectivity index (χ2n) is 4.59. The molecule has 0 saturated carbocycles. The summed E-state index contributed by atoms with van der Waals surface area (Å²) >= 11 is 0. The van der Waals surface area contributed by atoms with Crippen molar-refractivity contribution in [3.05, 3.63) is 59.7 Å². The van der Waals surface area contributed by atoms with Crippen molar-refractivity contribution in [2.75, 3.05) is 5.32 Å². The first-order chi connectivity index (χ1) is 10.8. The van der Waals surface area contributed by atoms with E-state index in [4.69, 9.17) is 0 Å². The number of halogens is 3. The normalized spacial score (nSPS) is 11.0. The summed E-state index contributed by atoms with van der Waals surface area (Å²) in [6, 6.07) is 11.2. The van der Waals surface area contributed by atoms with Gasteiger partial charge in [-0.15, -0.1) is 0 Å². The summed E-state index contributed by atoms with van der Waals surface area (Å²) in [5, 5.41) is 2.45. The Morgan fingerprint density at radius 2 is 1.65 bits per heavy atom. The number of rotatable bonds is 3. The Labute approximate surface area is 129 Å². The van der Waals surface area contributed by atoms with Gasteiger partial charge in [-0.25, -0.2) is 0 Å². The molecule has 1 amide bonds. The fourth-order valence-corrected chi connectivity index (χ4v) is 1.91. The number of para-hydroxylation sites is 2. The van der Waals surface area contributed by atoms with E-state index >= 15 is 0 Å². The van der Waals surface area contributed by atoms with E-state index in [1.165, 1.54) is 0 Å². The maximum atomic E-state index is 13.0. The Hall–Kier alpha value is -2.83. The summed E-state index contributed by atoms with van der Waals surface area (Å²) in [7, 11) is 0. The second kappa shape index (κ2) is 6.51. The molecular weight excluding hydrogens is 311 g/mol. The molecule has 2 rings (SSSR count). The average Bonchev–Trinajstić information content (AvgIpc) is 2.46. The van der Waals surface area contributed by atoms with Gasteiger partial charge in [0.05, 0.1) is 11.1 Å². The molecule has 2 aromatic carbocycles. The fourth-order valence-electron chi connectivity index (χ4n) is 1.91. The van der Waals surface area contributed by atoms with Gasteiger partial charge in [0.15, 0.2) is 5.75 Å². The van der Waals surface area contributed by atoms with Crippen LogP contribution in [-0.2, 0) is 11.0 Å².